The summed E-state index contributed by atoms with van der Waals surface area (Å²) in [6.45, 7) is 2.89. The number of amides is 1. The molecule has 0 atom stereocenters. The van der Waals surface area contributed by atoms with E-state index in [1.807, 2.05) is 0 Å². The minimum atomic E-state index is -4.81. The van der Waals surface area contributed by atoms with E-state index < -0.39 is 35.6 Å². The van der Waals surface area contributed by atoms with Gasteiger partial charge in [0.15, 0.2) is 0 Å². The van der Waals surface area contributed by atoms with Gasteiger partial charge in [-0.3, -0.25) is 9.59 Å². The van der Waals surface area contributed by atoms with Crippen molar-refractivity contribution in [2.45, 2.75) is 19.3 Å². The zero-order valence-electron chi connectivity index (χ0n) is 13.7. The molecule has 2 aromatic rings. The van der Waals surface area contributed by atoms with Gasteiger partial charge in [-0.05, 0) is 18.2 Å². The number of carbonyl (C=O) groups is 1. The zero-order valence-corrected chi connectivity index (χ0v) is 13.7. The maximum Gasteiger partial charge on any atom is 0.421 e. The lowest BCUT2D eigenvalue weighted by Gasteiger charge is -2.22. The molecule has 2 rings (SSSR count). The van der Waals surface area contributed by atoms with Crippen LogP contribution in [0, 0.1) is 5.82 Å². The largest absolute Gasteiger partial charge is 0.421 e. The lowest BCUT2D eigenvalue weighted by molar-refractivity contribution is -0.139. The molecule has 1 heterocycles. The molecule has 0 fully saturated rings. The Morgan fingerprint density at radius 1 is 1.19 bits per heavy atom. The van der Waals surface area contributed by atoms with E-state index in [4.69, 9.17) is 0 Å². The molecule has 0 aliphatic heterocycles. The summed E-state index contributed by atoms with van der Waals surface area (Å²) in [6, 6.07) is 7.54. The fourth-order valence-corrected chi connectivity index (χ4v) is 2.37. The number of halogens is 4. The normalized spacial score (nSPS) is 11.2. The average Bonchev–Trinajstić information content (AvgIpc) is 2.57. The van der Waals surface area contributed by atoms with Crippen molar-refractivity contribution in [3.8, 4) is 0 Å². The molecule has 8 heteroatoms. The van der Waals surface area contributed by atoms with Crippen molar-refractivity contribution in [1.29, 1.82) is 0 Å². The van der Waals surface area contributed by atoms with Crippen molar-refractivity contribution in [3.05, 3.63) is 82.5 Å². The van der Waals surface area contributed by atoms with Gasteiger partial charge in [0.05, 0.1) is 0 Å². The second-order valence-electron chi connectivity index (χ2n) is 5.51. The van der Waals surface area contributed by atoms with E-state index in [2.05, 4.69) is 6.58 Å². The summed E-state index contributed by atoms with van der Waals surface area (Å²) >= 11 is 0. The van der Waals surface area contributed by atoms with Crippen LogP contribution in [0.15, 0.2) is 60.0 Å². The first kappa shape index (κ1) is 19.4. The van der Waals surface area contributed by atoms with Gasteiger partial charge >= 0.3 is 6.18 Å². The van der Waals surface area contributed by atoms with Gasteiger partial charge in [-0.25, -0.2) is 4.39 Å². The molecule has 0 unspecified atom stereocenters. The van der Waals surface area contributed by atoms with Crippen LogP contribution in [-0.4, -0.2) is 21.9 Å². The lowest BCUT2D eigenvalue weighted by atomic mass is 10.2. The highest BCUT2D eigenvalue weighted by atomic mass is 19.4. The quantitative estimate of drug-likeness (QED) is 0.580. The molecule has 0 spiro atoms. The van der Waals surface area contributed by atoms with Crippen molar-refractivity contribution in [1.82, 2.24) is 9.47 Å². The summed E-state index contributed by atoms with van der Waals surface area (Å²) < 4.78 is 52.9. The molecule has 0 aliphatic rings. The van der Waals surface area contributed by atoms with Crippen LogP contribution in [0.2, 0.25) is 0 Å². The van der Waals surface area contributed by atoms with Crippen molar-refractivity contribution >= 4 is 5.91 Å². The Hall–Kier alpha value is -2.90. The smallest absolute Gasteiger partial charge is 0.333 e. The molecule has 26 heavy (non-hydrogen) atoms. The van der Waals surface area contributed by atoms with E-state index in [0.717, 1.165) is 12.3 Å². The second-order valence-corrected chi connectivity index (χ2v) is 5.51. The SMILES string of the molecule is C=CCN(Cc1ccccc1F)C(=O)Cn1cccc(C(F)(F)F)c1=O. The molecule has 1 aromatic heterocycles. The maximum absolute atomic E-state index is 13.8. The fourth-order valence-electron chi connectivity index (χ4n) is 2.37. The Morgan fingerprint density at radius 2 is 1.88 bits per heavy atom. The highest BCUT2D eigenvalue weighted by molar-refractivity contribution is 5.76. The molecule has 0 bridgehead atoms. The Kier molecular flexibility index (Phi) is 5.97. The van der Waals surface area contributed by atoms with E-state index in [9.17, 15) is 27.2 Å². The summed E-state index contributed by atoms with van der Waals surface area (Å²) in [4.78, 5) is 25.6. The Balaban J connectivity index is 2.25. The molecule has 0 saturated heterocycles. The van der Waals surface area contributed by atoms with Crippen LogP contribution in [-0.2, 0) is 24.1 Å². The van der Waals surface area contributed by atoms with Crippen molar-refractivity contribution in [2.75, 3.05) is 6.54 Å². The van der Waals surface area contributed by atoms with E-state index in [1.165, 1.54) is 29.2 Å². The van der Waals surface area contributed by atoms with Gasteiger partial charge in [-0.1, -0.05) is 24.3 Å². The van der Waals surface area contributed by atoms with Crippen LogP contribution < -0.4 is 5.56 Å². The number of hydrogen-bond acceptors (Lipinski definition) is 2. The van der Waals surface area contributed by atoms with Gasteiger partial charge in [0.1, 0.15) is 17.9 Å². The lowest BCUT2D eigenvalue weighted by Crippen LogP contribution is -2.37. The molecule has 0 N–H and O–H groups in total. The van der Waals surface area contributed by atoms with Crippen molar-refractivity contribution in [2.24, 2.45) is 0 Å². The molecule has 1 amide bonds. The summed E-state index contributed by atoms with van der Waals surface area (Å²) in [5.41, 5.74) is -2.41. The highest BCUT2D eigenvalue weighted by Crippen LogP contribution is 2.26. The number of carbonyl (C=O) groups excluding carboxylic acids is 1. The van der Waals surface area contributed by atoms with Gasteiger partial charge in [-0.2, -0.15) is 13.2 Å². The summed E-state index contributed by atoms with van der Waals surface area (Å²) in [7, 11) is 0. The number of aromatic nitrogens is 1. The van der Waals surface area contributed by atoms with Crippen LogP contribution in [0.1, 0.15) is 11.1 Å². The van der Waals surface area contributed by atoms with E-state index in [1.54, 1.807) is 6.07 Å². The number of alkyl halides is 3. The van der Waals surface area contributed by atoms with Crippen LogP contribution in [0.25, 0.3) is 0 Å². The van der Waals surface area contributed by atoms with Crippen LogP contribution in [0.4, 0.5) is 17.6 Å². The third kappa shape index (κ3) is 4.59. The first-order valence-corrected chi connectivity index (χ1v) is 7.62. The van der Waals surface area contributed by atoms with Crippen LogP contribution >= 0.6 is 0 Å². The number of hydrogen-bond donors (Lipinski definition) is 0. The van der Waals surface area contributed by atoms with Gasteiger partial charge in [0, 0.05) is 24.8 Å². The molecule has 0 aliphatic carbocycles. The fraction of sp³-hybridized carbons (Fsp3) is 0.222. The topological polar surface area (TPSA) is 42.3 Å². The van der Waals surface area contributed by atoms with Gasteiger partial charge in [-0.15, -0.1) is 6.58 Å². The standard InChI is InChI=1S/C18H16F4N2O2/c1-2-9-23(11-13-6-3-4-8-15(13)19)16(25)12-24-10-5-7-14(17(24)26)18(20,21)22/h2-8,10H,1,9,11-12H2. The minimum absolute atomic E-state index is 0.0564. The van der Waals surface area contributed by atoms with E-state index in [-0.39, 0.29) is 18.7 Å². The van der Waals surface area contributed by atoms with Crippen molar-refractivity contribution < 1.29 is 22.4 Å². The highest BCUT2D eigenvalue weighted by Gasteiger charge is 2.34. The van der Waals surface area contributed by atoms with E-state index >= 15 is 0 Å². The zero-order chi connectivity index (χ0) is 19.3. The molecule has 138 valence electrons. The average molecular weight is 368 g/mol. The minimum Gasteiger partial charge on any atom is -0.333 e. The van der Waals surface area contributed by atoms with E-state index in [0.29, 0.717) is 10.6 Å². The predicted octanol–water partition coefficient (Wildman–Crippen LogP) is 3.22. The van der Waals surface area contributed by atoms with Crippen LogP contribution in [0.5, 0.6) is 0 Å². The number of rotatable bonds is 6. The number of nitrogens with zero attached hydrogens (tertiary/aromatic N) is 2. The summed E-state index contributed by atoms with van der Waals surface area (Å²) in [5.74, 6) is -1.14. The first-order chi connectivity index (χ1) is 12.2. The molecule has 1 aromatic carbocycles. The summed E-state index contributed by atoms with van der Waals surface area (Å²) in [6.07, 6.45) is -2.30. The van der Waals surface area contributed by atoms with Gasteiger partial charge in [0.2, 0.25) is 5.91 Å². The molecule has 0 saturated carbocycles. The summed E-state index contributed by atoms with van der Waals surface area (Å²) in [5, 5.41) is 0. The Bertz CT molecular complexity index is 859. The van der Waals surface area contributed by atoms with Crippen LogP contribution in [0.3, 0.4) is 0 Å². The first-order valence-electron chi connectivity index (χ1n) is 7.62. The molecular weight excluding hydrogens is 352 g/mol. The Morgan fingerprint density at radius 3 is 2.50 bits per heavy atom. The predicted molar refractivity (Wildman–Crippen MR) is 87.7 cm³/mol. The molecule has 0 radical (unpaired) electrons. The third-order valence-electron chi connectivity index (χ3n) is 3.65. The van der Waals surface area contributed by atoms with Gasteiger partial charge < -0.3 is 9.47 Å². The second kappa shape index (κ2) is 7.99. The number of benzene rings is 1. The molecule has 4 nitrogen and oxygen atoms in total. The van der Waals surface area contributed by atoms with Gasteiger partial charge in [0.25, 0.3) is 5.56 Å². The third-order valence-corrected chi connectivity index (χ3v) is 3.65. The number of pyridine rings is 1. The Labute approximate surface area is 147 Å². The van der Waals surface area contributed by atoms with Crippen molar-refractivity contribution in [3.63, 3.8) is 0 Å². The monoisotopic (exact) mass is 368 g/mol. The molecular formula is C18H16F4N2O2. The maximum atomic E-state index is 13.8.